The number of carbonyl (C=O) groups excluding carboxylic acids is 1. The fourth-order valence-electron chi connectivity index (χ4n) is 5.43. The minimum absolute atomic E-state index is 0.0441. The maximum atomic E-state index is 13.3. The fraction of sp³-hybridized carbons (Fsp3) is 0.200. The van der Waals surface area contributed by atoms with Gasteiger partial charge < -0.3 is 9.88 Å². The Bertz CT molecular complexity index is 1970. The highest BCUT2D eigenvalue weighted by Crippen LogP contribution is 2.33. The molecule has 1 amide bonds. The third-order valence-corrected chi connectivity index (χ3v) is 9.79. The zero-order chi connectivity index (χ0) is 29.3. The Balaban J connectivity index is 1.04. The van der Waals surface area contributed by atoms with E-state index < -0.39 is 0 Å². The van der Waals surface area contributed by atoms with Crippen molar-refractivity contribution in [1.82, 2.24) is 39.2 Å². The predicted molar refractivity (Wildman–Crippen MR) is 168 cm³/mol. The molecule has 2 aromatic carbocycles. The number of aromatic nitrogens is 7. The van der Waals surface area contributed by atoms with Crippen LogP contribution in [0.5, 0.6) is 0 Å². The van der Waals surface area contributed by atoms with Gasteiger partial charge >= 0.3 is 5.69 Å². The molecule has 1 aliphatic heterocycles. The molecule has 0 atom stereocenters. The molecule has 0 radical (unpaired) electrons. The summed E-state index contributed by atoms with van der Waals surface area (Å²) in [4.78, 5) is 39.5. The van der Waals surface area contributed by atoms with Crippen LogP contribution in [0.25, 0.3) is 28.1 Å². The number of para-hydroxylation sites is 3. The Morgan fingerprint density at radius 1 is 1.02 bits per heavy atom. The van der Waals surface area contributed by atoms with Crippen molar-refractivity contribution in [3.8, 4) is 17.1 Å². The number of hydrogen-bond donors (Lipinski definition) is 1. The molecule has 0 spiro atoms. The number of amides is 1. The van der Waals surface area contributed by atoms with Crippen LogP contribution in [0.4, 0.5) is 0 Å². The number of thiazole rings is 1. The fourth-order valence-corrected chi connectivity index (χ4v) is 7.38. The Hall–Kier alpha value is -4.26. The van der Waals surface area contributed by atoms with Crippen molar-refractivity contribution < 1.29 is 4.79 Å². The molecule has 4 aromatic heterocycles. The van der Waals surface area contributed by atoms with E-state index in [1.165, 1.54) is 23.1 Å². The Kier molecular flexibility index (Phi) is 7.56. The van der Waals surface area contributed by atoms with E-state index in [4.69, 9.17) is 11.6 Å². The summed E-state index contributed by atoms with van der Waals surface area (Å²) in [6.45, 7) is 1.13. The van der Waals surface area contributed by atoms with Gasteiger partial charge in [-0.3, -0.25) is 18.9 Å². The summed E-state index contributed by atoms with van der Waals surface area (Å²) >= 11 is 9.51. The normalized spacial score (nSPS) is 14.0. The maximum Gasteiger partial charge on any atom is 0.326 e. The average Bonchev–Trinajstić information content (AvgIpc) is 3.77. The summed E-state index contributed by atoms with van der Waals surface area (Å²) in [5.74, 6) is 1.09. The molecule has 10 nitrogen and oxygen atoms in total. The largest absolute Gasteiger partial charge is 0.337 e. The SMILES string of the molecule is O=C(c1csc(CSc2nnc(-c3ccncc3)n2-c2ccccc2Cl)n1)N1CCC(n2c(=O)[nH]c3ccccc32)CC1. The van der Waals surface area contributed by atoms with Gasteiger partial charge in [-0.05, 0) is 49.2 Å². The second-order valence-electron chi connectivity index (χ2n) is 10.1. The highest BCUT2D eigenvalue weighted by molar-refractivity contribution is 7.98. The molecule has 1 fully saturated rings. The molecule has 7 rings (SSSR count). The van der Waals surface area contributed by atoms with E-state index >= 15 is 0 Å². The molecule has 6 aromatic rings. The van der Waals surface area contributed by atoms with Gasteiger partial charge in [-0.1, -0.05) is 47.6 Å². The first-order valence-corrected chi connectivity index (χ1v) is 16.0. The lowest BCUT2D eigenvalue weighted by atomic mass is 10.0. The number of aromatic amines is 1. The van der Waals surface area contributed by atoms with Crippen LogP contribution >= 0.6 is 34.7 Å². The Labute approximate surface area is 259 Å². The number of likely N-dealkylation sites (tertiary alicyclic amines) is 1. The first-order chi connectivity index (χ1) is 21.1. The number of pyridine rings is 1. The van der Waals surface area contributed by atoms with E-state index in [1.54, 1.807) is 12.4 Å². The number of rotatable bonds is 7. The lowest BCUT2D eigenvalue weighted by Crippen LogP contribution is -2.40. The number of nitrogens with one attached hydrogen (secondary N) is 1. The van der Waals surface area contributed by atoms with Gasteiger partial charge in [-0.25, -0.2) is 9.78 Å². The number of hydrogen-bond acceptors (Lipinski definition) is 8. The number of fused-ring (bicyclic) bond motifs is 1. The minimum atomic E-state index is -0.106. The van der Waals surface area contributed by atoms with Gasteiger partial charge in [0, 0.05) is 42.5 Å². The molecule has 0 bridgehead atoms. The number of imidazole rings is 1. The van der Waals surface area contributed by atoms with Crippen LogP contribution in [0.15, 0.2) is 88.4 Å². The molecule has 0 unspecified atom stereocenters. The van der Waals surface area contributed by atoms with Crippen LogP contribution in [-0.4, -0.2) is 58.2 Å². The van der Waals surface area contributed by atoms with Gasteiger partial charge in [-0.15, -0.1) is 21.5 Å². The summed E-state index contributed by atoms with van der Waals surface area (Å²) in [6.07, 6.45) is 4.84. The standard InChI is InChI=1S/C30H25ClN8O2S2/c31-21-5-1-3-7-24(21)39-27(19-9-13-32-14-10-19)35-36-30(39)43-18-26-33-23(17-42-26)28(40)37-15-11-20(12-16-37)38-25-8-4-2-6-22(25)34-29(38)41/h1-10,13-14,17,20H,11-12,15-16,18H2,(H,34,41). The molecule has 0 saturated carbocycles. The van der Waals surface area contributed by atoms with Crippen LogP contribution in [0.1, 0.15) is 34.4 Å². The van der Waals surface area contributed by atoms with Crippen molar-refractivity contribution in [3.05, 3.63) is 105 Å². The van der Waals surface area contributed by atoms with Crippen LogP contribution in [0.2, 0.25) is 5.02 Å². The summed E-state index contributed by atoms with van der Waals surface area (Å²) in [7, 11) is 0. The number of benzene rings is 2. The van der Waals surface area contributed by atoms with E-state index in [-0.39, 0.29) is 17.6 Å². The third-order valence-electron chi connectivity index (χ3n) is 7.50. The third kappa shape index (κ3) is 5.37. The van der Waals surface area contributed by atoms with Crippen LogP contribution < -0.4 is 5.69 Å². The van der Waals surface area contributed by atoms with E-state index in [9.17, 15) is 9.59 Å². The quantitative estimate of drug-likeness (QED) is 0.221. The van der Waals surface area contributed by atoms with Crippen molar-refractivity contribution >= 4 is 51.6 Å². The molecular formula is C30H25ClN8O2S2. The molecule has 216 valence electrons. The highest BCUT2D eigenvalue weighted by Gasteiger charge is 2.28. The first-order valence-electron chi connectivity index (χ1n) is 13.7. The van der Waals surface area contributed by atoms with E-state index in [2.05, 4.69) is 25.1 Å². The van der Waals surface area contributed by atoms with Gasteiger partial charge in [-0.2, -0.15) is 0 Å². The van der Waals surface area contributed by atoms with Gasteiger partial charge in [0.1, 0.15) is 10.7 Å². The minimum Gasteiger partial charge on any atom is -0.337 e. The molecule has 5 heterocycles. The van der Waals surface area contributed by atoms with Crippen molar-refractivity contribution in [2.45, 2.75) is 29.8 Å². The highest BCUT2D eigenvalue weighted by atomic mass is 35.5. The van der Waals surface area contributed by atoms with Crippen LogP contribution in [0, 0.1) is 0 Å². The van der Waals surface area contributed by atoms with Crippen molar-refractivity contribution in [2.24, 2.45) is 0 Å². The summed E-state index contributed by atoms with van der Waals surface area (Å²) in [6, 6.07) is 19.1. The number of thioether (sulfide) groups is 1. The number of H-pyrrole nitrogens is 1. The number of nitrogens with zero attached hydrogens (tertiary/aromatic N) is 7. The maximum absolute atomic E-state index is 13.3. The molecular weight excluding hydrogens is 604 g/mol. The summed E-state index contributed by atoms with van der Waals surface area (Å²) < 4.78 is 3.77. The monoisotopic (exact) mass is 628 g/mol. The second kappa shape index (κ2) is 11.8. The lowest BCUT2D eigenvalue weighted by Gasteiger charge is -2.32. The van der Waals surface area contributed by atoms with Crippen LogP contribution in [0.3, 0.4) is 0 Å². The van der Waals surface area contributed by atoms with Gasteiger partial charge in [0.2, 0.25) is 0 Å². The average molecular weight is 629 g/mol. The second-order valence-corrected chi connectivity index (χ2v) is 12.4. The number of carbonyl (C=O) groups is 1. The zero-order valence-electron chi connectivity index (χ0n) is 22.8. The molecule has 0 aliphatic carbocycles. The predicted octanol–water partition coefficient (Wildman–Crippen LogP) is 5.85. The molecule has 1 saturated heterocycles. The molecule has 1 N–H and O–H groups in total. The Morgan fingerprint density at radius 2 is 1.79 bits per heavy atom. The smallest absolute Gasteiger partial charge is 0.326 e. The topological polar surface area (TPSA) is 115 Å². The van der Waals surface area contributed by atoms with Crippen molar-refractivity contribution in [3.63, 3.8) is 0 Å². The summed E-state index contributed by atoms with van der Waals surface area (Å²) in [5.41, 5.74) is 3.71. The van der Waals surface area contributed by atoms with Gasteiger partial charge in [0.15, 0.2) is 11.0 Å². The Morgan fingerprint density at radius 3 is 2.60 bits per heavy atom. The van der Waals surface area contributed by atoms with Crippen molar-refractivity contribution in [2.75, 3.05) is 13.1 Å². The summed E-state index contributed by atoms with van der Waals surface area (Å²) in [5, 5.41) is 12.8. The molecule has 1 aliphatic rings. The van der Waals surface area contributed by atoms with Gasteiger partial charge in [0.25, 0.3) is 5.91 Å². The number of halogens is 1. The van der Waals surface area contributed by atoms with E-state index in [0.717, 1.165) is 27.3 Å². The lowest BCUT2D eigenvalue weighted by molar-refractivity contribution is 0.0689. The van der Waals surface area contributed by atoms with E-state index in [1.807, 2.05) is 80.1 Å². The first kappa shape index (κ1) is 27.6. The van der Waals surface area contributed by atoms with Crippen LogP contribution in [-0.2, 0) is 5.75 Å². The molecule has 43 heavy (non-hydrogen) atoms. The van der Waals surface area contributed by atoms with Gasteiger partial charge in [0.05, 0.1) is 27.5 Å². The van der Waals surface area contributed by atoms with E-state index in [0.29, 0.717) is 53.4 Å². The zero-order valence-corrected chi connectivity index (χ0v) is 25.1. The number of piperidine rings is 1. The van der Waals surface area contributed by atoms with Crippen molar-refractivity contribution in [1.29, 1.82) is 0 Å². The molecule has 13 heteroatoms.